The largest absolute Gasteiger partial charge is 0.336 e. The Hall–Kier alpha value is -4.32. The van der Waals surface area contributed by atoms with E-state index in [1.807, 2.05) is 24.5 Å². The average Bonchev–Trinajstić information content (AvgIpc) is 3.47. The molecule has 0 aliphatic carbocycles. The minimum Gasteiger partial charge on any atom is -0.336 e. The van der Waals surface area contributed by atoms with E-state index in [2.05, 4.69) is 68.7 Å². The Morgan fingerprint density at radius 1 is 0.727 bits per heavy atom. The number of nitrogens with one attached hydrogen (secondary N) is 2. The van der Waals surface area contributed by atoms with Crippen LogP contribution in [0, 0.1) is 0 Å². The van der Waals surface area contributed by atoms with Gasteiger partial charge in [0.05, 0.1) is 22.2 Å². The third kappa shape index (κ3) is 3.03. The smallest absolute Gasteiger partial charge is 0.161 e. The van der Waals surface area contributed by atoms with Gasteiger partial charge in [-0.15, -0.1) is 0 Å². The molecular weight excluding hydrogens is 408 g/mol. The first-order valence-corrected chi connectivity index (χ1v) is 11.2. The van der Waals surface area contributed by atoms with Gasteiger partial charge in [0, 0.05) is 23.5 Å². The van der Waals surface area contributed by atoms with Crippen molar-refractivity contribution in [3.63, 3.8) is 0 Å². The molecule has 2 aromatic carbocycles. The number of hydrogen-bond donors (Lipinski definition) is 2. The van der Waals surface area contributed by atoms with Gasteiger partial charge in [-0.2, -0.15) is 5.10 Å². The zero-order valence-corrected chi connectivity index (χ0v) is 17.8. The highest BCUT2D eigenvalue weighted by Gasteiger charge is 2.17. The first-order chi connectivity index (χ1) is 16.3. The first-order valence-electron chi connectivity index (χ1n) is 11.2. The van der Waals surface area contributed by atoms with E-state index in [1.165, 1.54) is 16.7 Å². The van der Waals surface area contributed by atoms with Gasteiger partial charge in [-0.3, -0.25) is 10.1 Å². The normalized spacial score (nSPS) is 13.1. The van der Waals surface area contributed by atoms with Crippen LogP contribution in [-0.4, -0.2) is 30.1 Å². The molecule has 5 heterocycles. The van der Waals surface area contributed by atoms with Gasteiger partial charge >= 0.3 is 0 Å². The number of nitrogens with zero attached hydrogens (tertiary/aromatic N) is 4. The maximum atomic E-state index is 4.98. The second kappa shape index (κ2) is 7.10. The Morgan fingerprint density at radius 2 is 1.64 bits per heavy atom. The lowest BCUT2D eigenvalue weighted by molar-refractivity contribution is 0.817. The molecule has 1 aliphatic rings. The molecule has 8 bridgehead atoms. The number of rotatable bonds is 0. The van der Waals surface area contributed by atoms with E-state index in [9.17, 15) is 0 Å². The van der Waals surface area contributed by atoms with Gasteiger partial charge in [0.1, 0.15) is 5.52 Å². The molecule has 1 aliphatic heterocycles. The van der Waals surface area contributed by atoms with E-state index in [0.717, 1.165) is 63.8 Å². The minimum atomic E-state index is 0.709. The summed E-state index contributed by atoms with van der Waals surface area (Å²) in [4.78, 5) is 17.9. The van der Waals surface area contributed by atoms with Crippen LogP contribution >= 0.6 is 0 Å². The van der Waals surface area contributed by atoms with Crippen molar-refractivity contribution in [3.05, 3.63) is 84.2 Å². The van der Waals surface area contributed by atoms with Crippen LogP contribution in [0.25, 0.3) is 56.0 Å². The lowest BCUT2D eigenvalue weighted by atomic mass is 9.98. The van der Waals surface area contributed by atoms with Gasteiger partial charge in [-0.25, -0.2) is 9.97 Å². The Kier molecular flexibility index (Phi) is 3.93. The molecule has 33 heavy (non-hydrogen) atoms. The Balaban J connectivity index is 1.51. The standard InChI is InChI=1S/C27H20N6/c1-4-16-5-2-7-18(12-16)20-8-3-9-22-24(20)31-27(30-22)26-25-23(32-33-26)11-10-21(29-25)19-13-17(6-1)14-28-15-19/h2-3,5,7-15H,1,4,6H2,(H,30,31)(H,32,33). The van der Waals surface area contributed by atoms with Crippen LogP contribution in [0.4, 0.5) is 0 Å². The third-order valence-corrected chi connectivity index (χ3v) is 6.40. The quantitative estimate of drug-likeness (QED) is 0.324. The molecular formula is C27H20N6. The Morgan fingerprint density at radius 3 is 2.64 bits per heavy atom. The lowest BCUT2D eigenvalue weighted by Crippen LogP contribution is -1.93. The van der Waals surface area contributed by atoms with Gasteiger partial charge in [-0.05, 0) is 60.2 Å². The number of aromatic nitrogens is 6. The molecule has 6 heteroatoms. The second-order valence-electron chi connectivity index (χ2n) is 8.59. The highest BCUT2D eigenvalue weighted by molar-refractivity contribution is 5.96. The number of hydrogen-bond acceptors (Lipinski definition) is 4. The highest BCUT2D eigenvalue weighted by Crippen LogP contribution is 2.32. The lowest BCUT2D eigenvalue weighted by Gasteiger charge is -2.08. The SMILES string of the molecule is c1cc2cc(c1)-c1cccc3[nH]c(nc13)-c1n[nH]c3ccc(nc13)-c1cncc(c1)CCC2. The number of imidazole rings is 1. The van der Waals surface area contributed by atoms with E-state index in [-0.39, 0.29) is 0 Å². The molecule has 4 aromatic heterocycles. The van der Waals surface area contributed by atoms with E-state index < -0.39 is 0 Å². The molecule has 158 valence electrons. The zero-order valence-electron chi connectivity index (χ0n) is 17.8. The fourth-order valence-corrected chi connectivity index (χ4v) is 4.76. The van der Waals surface area contributed by atoms with Crippen molar-refractivity contribution < 1.29 is 0 Å². The molecule has 0 atom stereocenters. The van der Waals surface area contributed by atoms with E-state index >= 15 is 0 Å². The average molecular weight is 428 g/mol. The fourth-order valence-electron chi connectivity index (χ4n) is 4.76. The third-order valence-electron chi connectivity index (χ3n) is 6.40. The predicted octanol–water partition coefficient (Wildman–Crippen LogP) is 5.72. The predicted molar refractivity (Wildman–Crippen MR) is 130 cm³/mol. The van der Waals surface area contributed by atoms with Gasteiger partial charge < -0.3 is 4.98 Å². The molecule has 0 radical (unpaired) electrons. The van der Waals surface area contributed by atoms with Crippen LogP contribution in [0.1, 0.15) is 17.5 Å². The van der Waals surface area contributed by atoms with Gasteiger partial charge in [0.25, 0.3) is 0 Å². The number of para-hydroxylation sites is 1. The van der Waals surface area contributed by atoms with Gasteiger partial charge in [0.15, 0.2) is 11.5 Å². The number of H-pyrrole nitrogens is 2. The van der Waals surface area contributed by atoms with Gasteiger partial charge in [-0.1, -0.05) is 36.4 Å². The van der Waals surface area contributed by atoms with Crippen molar-refractivity contribution in [2.75, 3.05) is 0 Å². The molecule has 0 saturated carbocycles. The van der Waals surface area contributed by atoms with Crippen molar-refractivity contribution in [2.45, 2.75) is 19.3 Å². The minimum absolute atomic E-state index is 0.709. The van der Waals surface area contributed by atoms with Crippen LogP contribution in [0.5, 0.6) is 0 Å². The highest BCUT2D eigenvalue weighted by atomic mass is 15.1. The molecule has 0 fully saturated rings. The Labute approximate surface area is 189 Å². The van der Waals surface area contributed by atoms with E-state index in [4.69, 9.17) is 9.97 Å². The second-order valence-corrected chi connectivity index (χ2v) is 8.59. The molecule has 6 nitrogen and oxygen atoms in total. The maximum absolute atomic E-state index is 4.98. The van der Waals surface area contributed by atoms with Crippen molar-refractivity contribution >= 4 is 22.1 Å². The number of aryl methyl sites for hydroxylation is 2. The van der Waals surface area contributed by atoms with Crippen LogP contribution in [-0.2, 0) is 12.8 Å². The summed E-state index contributed by atoms with van der Waals surface area (Å²) in [5, 5.41) is 7.67. The number of aromatic amines is 2. The summed E-state index contributed by atoms with van der Waals surface area (Å²) < 4.78 is 0. The van der Waals surface area contributed by atoms with Crippen molar-refractivity contribution in [1.82, 2.24) is 30.1 Å². The van der Waals surface area contributed by atoms with E-state index in [0.29, 0.717) is 5.82 Å². The number of pyridine rings is 2. The first kappa shape index (κ1) is 18.3. The fraction of sp³-hybridized carbons (Fsp3) is 0.111. The summed E-state index contributed by atoms with van der Waals surface area (Å²) in [5.74, 6) is 0.709. The maximum Gasteiger partial charge on any atom is 0.161 e. The summed E-state index contributed by atoms with van der Waals surface area (Å²) >= 11 is 0. The molecule has 6 aromatic rings. The molecule has 2 N–H and O–H groups in total. The molecule has 0 amide bonds. The van der Waals surface area contributed by atoms with Crippen LogP contribution < -0.4 is 0 Å². The van der Waals surface area contributed by atoms with Crippen molar-refractivity contribution in [1.29, 1.82) is 0 Å². The monoisotopic (exact) mass is 428 g/mol. The summed E-state index contributed by atoms with van der Waals surface area (Å²) in [6.45, 7) is 0. The molecule has 7 rings (SSSR count). The topological polar surface area (TPSA) is 83.1 Å². The van der Waals surface area contributed by atoms with Crippen LogP contribution in [0.2, 0.25) is 0 Å². The van der Waals surface area contributed by atoms with Gasteiger partial charge in [0.2, 0.25) is 0 Å². The van der Waals surface area contributed by atoms with Crippen LogP contribution in [0.15, 0.2) is 73.1 Å². The zero-order chi connectivity index (χ0) is 21.8. The number of fused-ring (bicyclic) bond motifs is 9. The molecule has 0 spiro atoms. The number of benzene rings is 2. The molecule has 0 unspecified atom stereocenters. The Bertz CT molecular complexity index is 1660. The summed E-state index contributed by atoms with van der Waals surface area (Å²) in [5.41, 5.74) is 11.1. The summed E-state index contributed by atoms with van der Waals surface area (Å²) in [7, 11) is 0. The van der Waals surface area contributed by atoms with Crippen LogP contribution in [0.3, 0.4) is 0 Å². The summed E-state index contributed by atoms with van der Waals surface area (Å²) in [6.07, 6.45) is 6.88. The van der Waals surface area contributed by atoms with Crippen molar-refractivity contribution in [2.24, 2.45) is 0 Å². The van der Waals surface area contributed by atoms with Crippen molar-refractivity contribution in [3.8, 4) is 33.9 Å². The molecule has 0 saturated heterocycles. The summed E-state index contributed by atoms with van der Waals surface area (Å²) in [6, 6.07) is 21.3. The van der Waals surface area contributed by atoms with E-state index in [1.54, 1.807) is 0 Å².